The van der Waals surface area contributed by atoms with E-state index in [1.165, 1.54) is 6.20 Å². The molecule has 0 spiro atoms. The van der Waals surface area contributed by atoms with E-state index in [4.69, 9.17) is 23.2 Å². The summed E-state index contributed by atoms with van der Waals surface area (Å²) in [6.45, 7) is 5.55. The third-order valence-corrected chi connectivity index (χ3v) is 4.28. The van der Waals surface area contributed by atoms with Crippen LogP contribution in [0.15, 0.2) is 47.7 Å². The van der Waals surface area contributed by atoms with Gasteiger partial charge in [-0.3, -0.25) is 14.8 Å². The SMILES string of the molecule is CCNC(=NCCNC(=O)c1cccnc1)NC(C)c1ccc(Cl)cc1Cl. The highest BCUT2D eigenvalue weighted by Gasteiger charge is 2.12. The maximum Gasteiger partial charge on any atom is 0.252 e. The Labute approximate surface area is 169 Å². The van der Waals surface area contributed by atoms with Gasteiger partial charge in [0.15, 0.2) is 5.96 Å². The molecular weight excluding hydrogens is 385 g/mol. The standard InChI is InChI=1S/C19H23Cl2N5O/c1-3-23-19(26-13(2)16-7-6-15(20)11-17(16)21)25-10-9-24-18(27)14-5-4-8-22-12-14/h4-8,11-13H,3,9-10H2,1-2H3,(H,24,27)(H2,23,25,26). The maximum absolute atomic E-state index is 12.0. The molecule has 2 aromatic rings. The predicted octanol–water partition coefficient (Wildman–Crippen LogP) is 3.43. The largest absolute Gasteiger partial charge is 0.357 e. The first kappa shape index (κ1) is 21.0. The third kappa shape index (κ3) is 6.73. The van der Waals surface area contributed by atoms with Gasteiger partial charge in [0.2, 0.25) is 0 Å². The number of hydrogen-bond donors (Lipinski definition) is 3. The molecule has 2 rings (SSSR count). The summed E-state index contributed by atoms with van der Waals surface area (Å²) < 4.78 is 0. The summed E-state index contributed by atoms with van der Waals surface area (Å²) in [6.07, 6.45) is 3.16. The Balaban J connectivity index is 1.90. The average molecular weight is 408 g/mol. The van der Waals surface area contributed by atoms with E-state index in [-0.39, 0.29) is 11.9 Å². The minimum absolute atomic E-state index is 0.0578. The maximum atomic E-state index is 12.0. The van der Waals surface area contributed by atoms with E-state index < -0.39 is 0 Å². The van der Waals surface area contributed by atoms with Crippen molar-refractivity contribution in [1.82, 2.24) is 20.9 Å². The lowest BCUT2D eigenvalue weighted by Gasteiger charge is -2.19. The van der Waals surface area contributed by atoms with Gasteiger partial charge in [0.25, 0.3) is 5.91 Å². The molecule has 0 fully saturated rings. The van der Waals surface area contributed by atoms with Gasteiger partial charge in [-0.05, 0) is 43.7 Å². The lowest BCUT2D eigenvalue weighted by Crippen LogP contribution is -2.39. The number of carbonyl (C=O) groups is 1. The molecule has 1 aromatic carbocycles. The van der Waals surface area contributed by atoms with E-state index in [1.54, 1.807) is 30.5 Å². The molecule has 144 valence electrons. The summed E-state index contributed by atoms with van der Waals surface area (Å²) in [5, 5.41) is 10.5. The number of hydrogen-bond acceptors (Lipinski definition) is 3. The van der Waals surface area contributed by atoms with Crippen molar-refractivity contribution in [3.05, 3.63) is 63.9 Å². The van der Waals surface area contributed by atoms with E-state index in [9.17, 15) is 4.79 Å². The fourth-order valence-electron chi connectivity index (χ4n) is 2.39. The van der Waals surface area contributed by atoms with Crippen molar-refractivity contribution in [3.8, 4) is 0 Å². The Morgan fingerprint density at radius 3 is 2.74 bits per heavy atom. The van der Waals surface area contributed by atoms with Gasteiger partial charge in [0.1, 0.15) is 0 Å². The van der Waals surface area contributed by atoms with Crippen LogP contribution in [0.4, 0.5) is 0 Å². The molecule has 0 radical (unpaired) electrons. The first-order chi connectivity index (χ1) is 13.0. The Hall–Kier alpha value is -2.31. The Bertz CT molecular complexity index is 783. The summed E-state index contributed by atoms with van der Waals surface area (Å²) in [4.78, 5) is 20.4. The van der Waals surface area contributed by atoms with Crippen molar-refractivity contribution in [2.75, 3.05) is 19.6 Å². The smallest absolute Gasteiger partial charge is 0.252 e. The van der Waals surface area contributed by atoms with Crippen LogP contribution in [0.5, 0.6) is 0 Å². The molecule has 1 aromatic heterocycles. The zero-order valence-electron chi connectivity index (χ0n) is 15.3. The highest BCUT2D eigenvalue weighted by molar-refractivity contribution is 6.35. The van der Waals surface area contributed by atoms with Crippen LogP contribution in [0, 0.1) is 0 Å². The molecule has 0 saturated carbocycles. The van der Waals surface area contributed by atoms with E-state index in [2.05, 4.69) is 25.9 Å². The summed E-state index contributed by atoms with van der Waals surface area (Å²) in [6, 6.07) is 8.80. The van der Waals surface area contributed by atoms with Gasteiger partial charge in [0, 0.05) is 35.5 Å². The van der Waals surface area contributed by atoms with Gasteiger partial charge in [0.05, 0.1) is 18.2 Å². The number of aliphatic imine (C=N–C) groups is 1. The minimum atomic E-state index is -0.169. The van der Waals surface area contributed by atoms with Crippen molar-refractivity contribution in [3.63, 3.8) is 0 Å². The molecule has 0 aliphatic heterocycles. The number of carbonyl (C=O) groups excluding carboxylic acids is 1. The number of pyridine rings is 1. The zero-order chi connectivity index (χ0) is 19.6. The van der Waals surface area contributed by atoms with Crippen LogP contribution in [-0.2, 0) is 0 Å². The molecule has 0 aliphatic rings. The summed E-state index contributed by atoms with van der Waals surface area (Å²) >= 11 is 12.2. The van der Waals surface area contributed by atoms with Crippen molar-refractivity contribution >= 4 is 35.1 Å². The fourth-order valence-corrected chi connectivity index (χ4v) is 2.96. The molecule has 8 heteroatoms. The Kier molecular flexibility index (Phi) is 8.36. The Morgan fingerprint density at radius 2 is 2.07 bits per heavy atom. The quantitative estimate of drug-likeness (QED) is 0.373. The fraction of sp³-hybridized carbons (Fsp3) is 0.316. The molecule has 1 amide bonds. The monoisotopic (exact) mass is 407 g/mol. The number of nitrogens with one attached hydrogen (secondary N) is 3. The van der Waals surface area contributed by atoms with Crippen LogP contribution >= 0.6 is 23.2 Å². The summed E-state index contributed by atoms with van der Waals surface area (Å²) in [7, 11) is 0. The second-order valence-corrected chi connectivity index (χ2v) is 6.63. The van der Waals surface area contributed by atoms with Gasteiger partial charge in [-0.2, -0.15) is 0 Å². The zero-order valence-corrected chi connectivity index (χ0v) is 16.8. The van der Waals surface area contributed by atoms with E-state index in [0.717, 1.165) is 12.1 Å². The minimum Gasteiger partial charge on any atom is -0.357 e. The van der Waals surface area contributed by atoms with Crippen molar-refractivity contribution in [2.45, 2.75) is 19.9 Å². The lowest BCUT2D eigenvalue weighted by atomic mass is 10.1. The number of rotatable bonds is 7. The van der Waals surface area contributed by atoms with Crippen LogP contribution in [-0.4, -0.2) is 36.5 Å². The molecule has 1 unspecified atom stereocenters. The van der Waals surface area contributed by atoms with Crippen LogP contribution in [0.25, 0.3) is 0 Å². The summed E-state index contributed by atoms with van der Waals surface area (Å²) in [5.41, 5.74) is 1.45. The van der Waals surface area contributed by atoms with Gasteiger partial charge in [-0.15, -0.1) is 0 Å². The van der Waals surface area contributed by atoms with Gasteiger partial charge in [-0.1, -0.05) is 29.3 Å². The number of nitrogens with zero attached hydrogens (tertiary/aromatic N) is 2. The van der Waals surface area contributed by atoms with Gasteiger partial charge in [-0.25, -0.2) is 0 Å². The lowest BCUT2D eigenvalue weighted by molar-refractivity contribution is 0.0954. The predicted molar refractivity (Wildman–Crippen MR) is 111 cm³/mol. The molecule has 6 nitrogen and oxygen atoms in total. The number of guanidine groups is 1. The molecular formula is C19H23Cl2N5O. The Morgan fingerprint density at radius 1 is 1.26 bits per heavy atom. The first-order valence-electron chi connectivity index (χ1n) is 8.69. The van der Waals surface area contributed by atoms with E-state index in [0.29, 0.717) is 34.7 Å². The number of halogens is 2. The normalized spacial score (nSPS) is 12.4. The van der Waals surface area contributed by atoms with Crippen LogP contribution in [0.1, 0.15) is 35.8 Å². The highest BCUT2D eigenvalue weighted by atomic mass is 35.5. The first-order valence-corrected chi connectivity index (χ1v) is 9.45. The molecule has 0 aliphatic carbocycles. The van der Waals surface area contributed by atoms with Crippen molar-refractivity contribution in [2.24, 2.45) is 4.99 Å². The third-order valence-electron chi connectivity index (χ3n) is 3.72. The molecule has 1 atom stereocenters. The van der Waals surface area contributed by atoms with Crippen LogP contribution in [0.2, 0.25) is 10.0 Å². The highest BCUT2D eigenvalue weighted by Crippen LogP contribution is 2.25. The molecule has 1 heterocycles. The van der Waals surface area contributed by atoms with Gasteiger partial charge < -0.3 is 16.0 Å². The van der Waals surface area contributed by atoms with Crippen LogP contribution in [0.3, 0.4) is 0 Å². The molecule has 27 heavy (non-hydrogen) atoms. The van der Waals surface area contributed by atoms with Crippen LogP contribution < -0.4 is 16.0 Å². The topological polar surface area (TPSA) is 78.4 Å². The molecule has 0 saturated heterocycles. The number of benzene rings is 1. The second kappa shape index (κ2) is 10.7. The summed E-state index contributed by atoms with van der Waals surface area (Å²) in [5.74, 6) is 0.476. The average Bonchev–Trinajstić information content (AvgIpc) is 2.65. The molecule has 3 N–H and O–H groups in total. The number of aromatic nitrogens is 1. The number of amides is 1. The van der Waals surface area contributed by atoms with E-state index >= 15 is 0 Å². The van der Waals surface area contributed by atoms with Crippen molar-refractivity contribution < 1.29 is 4.79 Å². The van der Waals surface area contributed by atoms with Crippen molar-refractivity contribution in [1.29, 1.82) is 0 Å². The second-order valence-electron chi connectivity index (χ2n) is 5.79. The van der Waals surface area contributed by atoms with E-state index in [1.807, 2.05) is 19.9 Å². The van der Waals surface area contributed by atoms with Gasteiger partial charge >= 0.3 is 0 Å². The molecule has 0 bridgehead atoms.